The number of nitrogens with zero attached hydrogens (tertiary/aromatic N) is 1. The summed E-state index contributed by atoms with van der Waals surface area (Å²) in [6.45, 7) is 0. The van der Waals surface area contributed by atoms with Gasteiger partial charge in [0.15, 0.2) is 5.78 Å². The van der Waals surface area contributed by atoms with Crippen molar-refractivity contribution in [3.05, 3.63) is 65.5 Å². The molecule has 2 nitrogen and oxygen atoms in total. The van der Waals surface area contributed by atoms with E-state index in [1.54, 1.807) is 48.8 Å². The Bertz CT molecular complexity index is 535. The summed E-state index contributed by atoms with van der Waals surface area (Å²) in [7, 11) is 0. The first-order chi connectivity index (χ1) is 7.81. The normalized spacial score (nSPS) is 9.44. The molecule has 0 amide bonds. The van der Waals surface area contributed by atoms with Gasteiger partial charge in [-0.25, -0.2) is 0 Å². The molecule has 2 heteroatoms. The van der Waals surface area contributed by atoms with Gasteiger partial charge in [-0.3, -0.25) is 9.78 Å². The van der Waals surface area contributed by atoms with Gasteiger partial charge in [0.2, 0.25) is 0 Å². The second-order valence-electron chi connectivity index (χ2n) is 3.29. The first kappa shape index (κ1) is 10.1. The lowest BCUT2D eigenvalue weighted by Gasteiger charge is -2.00. The molecule has 0 radical (unpaired) electrons. The van der Waals surface area contributed by atoms with Gasteiger partial charge in [-0.1, -0.05) is 5.92 Å². The van der Waals surface area contributed by atoms with E-state index in [4.69, 9.17) is 6.42 Å². The number of carbonyl (C=O) groups excluding carboxylic acids is 1. The Morgan fingerprint density at radius 1 is 1.00 bits per heavy atom. The van der Waals surface area contributed by atoms with Crippen LogP contribution in [0.15, 0.2) is 48.8 Å². The predicted octanol–water partition coefficient (Wildman–Crippen LogP) is 2.29. The Morgan fingerprint density at radius 3 is 2.12 bits per heavy atom. The minimum atomic E-state index is -0.0222. The zero-order valence-corrected chi connectivity index (χ0v) is 8.55. The molecule has 0 saturated carbocycles. The van der Waals surface area contributed by atoms with Crippen LogP contribution in [-0.4, -0.2) is 10.8 Å². The number of hydrogen-bond acceptors (Lipinski definition) is 2. The van der Waals surface area contributed by atoms with Gasteiger partial charge in [-0.15, -0.1) is 6.42 Å². The zero-order chi connectivity index (χ0) is 11.4. The van der Waals surface area contributed by atoms with Gasteiger partial charge >= 0.3 is 0 Å². The topological polar surface area (TPSA) is 30.0 Å². The van der Waals surface area contributed by atoms with E-state index >= 15 is 0 Å². The molecule has 0 spiro atoms. The zero-order valence-electron chi connectivity index (χ0n) is 8.55. The second kappa shape index (κ2) is 4.41. The summed E-state index contributed by atoms with van der Waals surface area (Å²) in [4.78, 5) is 15.8. The monoisotopic (exact) mass is 207 g/mol. The van der Waals surface area contributed by atoms with E-state index in [9.17, 15) is 4.79 Å². The molecule has 0 bridgehead atoms. The Hall–Kier alpha value is -2.40. The van der Waals surface area contributed by atoms with Crippen LogP contribution < -0.4 is 0 Å². The van der Waals surface area contributed by atoms with Gasteiger partial charge in [0.25, 0.3) is 0 Å². The Labute approximate surface area is 94.0 Å². The highest BCUT2D eigenvalue weighted by molar-refractivity contribution is 6.08. The third kappa shape index (κ3) is 1.99. The molecule has 0 atom stereocenters. The summed E-state index contributed by atoms with van der Waals surface area (Å²) in [6.07, 6.45) is 8.44. The summed E-state index contributed by atoms with van der Waals surface area (Å²) in [6, 6.07) is 10.4. The number of aromatic nitrogens is 1. The number of rotatable bonds is 2. The van der Waals surface area contributed by atoms with Crippen molar-refractivity contribution in [2.75, 3.05) is 0 Å². The van der Waals surface area contributed by atoms with Crippen molar-refractivity contribution >= 4 is 5.78 Å². The maximum absolute atomic E-state index is 12.0. The molecular formula is C14H9NO. The highest BCUT2D eigenvalue weighted by Crippen LogP contribution is 2.09. The third-order valence-corrected chi connectivity index (χ3v) is 2.26. The second-order valence-corrected chi connectivity index (χ2v) is 3.29. The number of hydrogen-bond donors (Lipinski definition) is 0. The van der Waals surface area contributed by atoms with E-state index in [0.29, 0.717) is 11.1 Å². The number of pyridine rings is 1. The van der Waals surface area contributed by atoms with Gasteiger partial charge in [0.1, 0.15) is 0 Å². The van der Waals surface area contributed by atoms with E-state index in [2.05, 4.69) is 10.9 Å². The fourth-order valence-corrected chi connectivity index (χ4v) is 1.39. The van der Waals surface area contributed by atoms with Crippen molar-refractivity contribution in [1.82, 2.24) is 4.98 Å². The van der Waals surface area contributed by atoms with Gasteiger partial charge in [-0.05, 0) is 36.4 Å². The molecule has 2 rings (SSSR count). The molecule has 0 saturated heterocycles. The van der Waals surface area contributed by atoms with Crippen LogP contribution in [0.3, 0.4) is 0 Å². The lowest BCUT2D eigenvalue weighted by atomic mass is 10.0. The number of carbonyl (C=O) groups is 1. The maximum atomic E-state index is 12.0. The van der Waals surface area contributed by atoms with Crippen molar-refractivity contribution in [2.45, 2.75) is 0 Å². The largest absolute Gasteiger partial charge is 0.289 e. The molecule has 0 unspecified atom stereocenters. The van der Waals surface area contributed by atoms with Crippen LogP contribution in [0.1, 0.15) is 21.5 Å². The highest BCUT2D eigenvalue weighted by Gasteiger charge is 2.07. The van der Waals surface area contributed by atoms with E-state index in [0.717, 1.165) is 5.56 Å². The summed E-state index contributed by atoms with van der Waals surface area (Å²) in [5, 5.41) is 0. The Balaban J connectivity index is 2.32. The molecular weight excluding hydrogens is 198 g/mol. The highest BCUT2D eigenvalue weighted by atomic mass is 16.1. The molecule has 1 heterocycles. The molecule has 1 aromatic carbocycles. The minimum Gasteiger partial charge on any atom is -0.289 e. The Kier molecular flexibility index (Phi) is 2.79. The smallest absolute Gasteiger partial charge is 0.193 e. The molecule has 1 aromatic heterocycles. The van der Waals surface area contributed by atoms with Gasteiger partial charge in [0.05, 0.1) is 0 Å². The number of benzene rings is 1. The molecule has 0 fully saturated rings. The summed E-state index contributed by atoms with van der Waals surface area (Å²) in [5.41, 5.74) is 2.03. The van der Waals surface area contributed by atoms with E-state index in [-0.39, 0.29) is 5.78 Å². The van der Waals surface area contributed by atoms with Crippen molar-refractivity contribution in [3.63, 3.8) is 0 Å². The third-order valence-electron chi connectivity index (χ3n) is 2.26. The van der Waals surface area contributed by atoms with Crippen LogP contribution in [-0.2, 0) is 0 Å². The van der Waals surface area contributed by atoms with Crippen LogP contribution in [0.25, 0.3) is 0 Å². The van der Waals surface area contributed by atoms with Crippen molar-refractivity contribution in [1.29, 1.82) is 0 Å². The summed E-state index contributed by atoms with van der Waals surface area (Å²) in [5.74, 6) is 2.49. The van der Waals surface area contributed by atoms with Crippen molar-refractivity contribution < 1.29 is 4.79 Å². The molecule has 0 N–H and O–H groups in total. The first-order valence-corrected chi connectivity index (χ1v) is 4.82. The SMILES string of the molecule is C#Cc1ccc(C(=O)c2ccncc2)cc1. The fraction of sp³-hybridized carbons (Fsp3) is 0. The van der Waals surface area contributed by atoms with E-state index in [1.165, 1.54) is 0 Å². The molecule has 2 aromatic rings. The fourth-order valence-electron chi connectivity index (χ4n) is 1.39. The van der Waals surface area contributed by atoms with Crippen LogP contribution in [0.4, 0.5) is 0 Å². The van der Waals surface area contributed by atoms with Crippen LogP contribution >= 0.6 is 0 Å². The van der Waals surface area contributed by atoms with Crippen molar-refractivity contribution in [2.24, 2.45) is 0 Å². The van der Waals surface area contributed by atoms with Crippen LogP contribution in [0.2, 0.25) is 0 Å². The lowest BCUT2D eigenvalue weighted by Crippen LogP contribution is -2.00. The molecule has 0 aliphatic rings. The van der Waals surface area contributed by atoms with Crippen LogP contribution in [0, 0.1) is 12.3 Å². The van der Waals surface area contributed by atoms with Gasteiger partial charge in [-0.2, -0.15) is 0 Å². The summed E-state index contributed by atoms with van der Waals surface area (Å²) >= 11 is 0. The number of terminal acetylenes is 1. The maximum Gasteiger partial charge on any atom is 0.193 e. The molecule has 76 valence electrons. The number of ketones is 1. The predicted molar refractivity (Wildman–Crippen MR) is 62.0 cm³/mol. The average Bonchev–Trinajstić information content (AvgIpc) is 2.39. The summed E-state index contributed by atoms with van der Waals surface area (Å²) < 4.78 is 0. The lowest BCUT2D eigenvalue weighted by molar-refractivity contribution is 0.103. The van der Waals surface area contributed by atoms with Crippen LogP contribution in [0.5, 0.6) is 0 Å². The molecule has 0 aliphatic heterocycles. The van der Waals surface area contributed by atoms with E-state index < -0.39 is 0 Å². The van der Waals surface area contributed by atoms with E-state index in [1.807, 2.05) is 0 Å². The van der Waals surface area contributed by atoms with Crippen molar-refractivity contribution in [3.8, 4) is 12.3 Å². The minimum absolute atomic E-state index is 0.0222. The average molecular weight is 207 g/mol. The Morgan fingerprint density at radius 2 is 1.56 bits per heavy atom. The quantitative estimate of drug-likeness (QED) is 0.558. The first-order valence-electron chi connectivity index (χ1n) is 4.82. The van der Waals surface area contributed by atoms with Gasteiger partial charge < -0.3 is 0 Å². The molecule has 0 aliphatic carbocycles. The molecule has 16 heavy (non-hydrogen) atoms. The van der Waals surface area contributed by atoms with Gasteiger partial charge in [0, 0.05) is 29.1 Å². The standard InChI is InChI=1S/C14H9NO/c1-2-11-3-5-12(6-4-11)14(16)13-7-9-15-10-8-13/h1,3-10H.